The molecule has 0 spiro atoms. The molecule has 162 valence electrons. The smallest absolute Gasteiger partial charge is 0.325 e. The van der Waals surface area contributed by atoms with Crippen LogP contribution < -0.4 is 20.3 Å². The number of hydrogen-bond acceptors (Lipinski definition) is 6. The molecule has 2 aromatic carbocycles. The van der Waals surface area contributed by atoms with Crippen LogP contribution in [0.2, 0.25) is 0 Å². The molecular formula is C22H24BrN4O3S+. The van der Waals surface area contributed by atoms with Crippen LogP contribution >= 0.6 is 27.7 Å². The number of aromatic nitrogens is 3. The zero-order chi connectivity index (χ0) is 22.0. The van der Waals surface area contributed by atoms with E-state index >= 15 is 0 Å². The number of aromatic hydroxyl groups is 1. The highest BCUT2D eigenvalue weighted by atomic mass is 79.9. The first-order valence-corrected chi connectivity index (χ1v) is 11.9. The van der Waals surface area contributed by atoms with Gasteiger partial charge in [0.15, 0.2) is 11.5 Å². The van der Waals surface area contributed by atoms with Crippen LogP contribution in [0.15, 0.2) is 50.8 Å². The van der Waals surface area contributed by atoms with E-state index in [-0.39, 0.29) is 11.3 Å². The molecule has 2 heterocycles. The van der Waals surface area contributed by atoms with Crippen molar-refractivity contribution in [3.8, 4) is 22.8 Å². The van der Waals surface area contributed by atoms with E-state index in [4.69, 9.17) is 9.84 Å². The lowest BCUT2D eigenvalue weighted by Crippen LogP contribution is -2.55. The van der Waals surface area contributed by atoms with Gasteiger partial charge in [0.1, 0.15) is 0 Å². The van der Waals surface area contributed by atoms with Crippen molar-refractivity contribution in [2.75, 3.05) is 18.2 Å². The number of nitrogens with one attached hydrogen (secondary N) is 2. The van der Waals surface area contributed by atoms with Crippen molar-refractivity contribution in [2.45, 2.75) is 37.5 Å². The van der Waals surface area contributed by atoms with Gasteiger partial charge < -0.3 is 15.2 Å². The monoisotopic (exact) mass is 503 g/mol. The molecule has 3 aromatic rings. The third kappa shape index (κ3) is 4.29. The highest BCUT2D eigenvalue weighted by Gasteiger charge is 2.38. The van der Waals surface area contributed by atoms with E-state index in [1.165, 1.54) is 7.11 Å². The Hall–Kier alpha value is -2.52. The Morgan fingerprint density at radius 3 is 2.87 bits per heavy atom. The van der Waals surface area contributed by atoms with Gasteiger partial charge in [0.25, 0.3) is 6.17 Å². The molecule has 9 heteroatoms. The second kappa shape index (κ2) is 9.32. The maximum absolute atomic E-state index is 13.1. The van der Waals surface area contributed by atoms with Crippen LogP contribution in [0, 0.1) is 0 Å². The van der Waals surface area contributed by atoms with Crippen LogP contribution in [-0.4, -0.2) is 28.1 Å². The number of nitrogens with zero attached hydrogens (tertiary/aromatic N) is 2. The number of halogens is 1. The summed E-state index contributed by atoms with van der Waals surface area (Å²) in [5, 5.41) is 19.1. The summed E-state index contributed by atoms with van der Waals surface area (Å²) in [6.07, 6.45) is 2.91. The summed E-state index contributed by atoms with van der Waals surface area (Å²) < 4.78 is 7.56. The number of methoxy groups -OCH3 is 1. The van der Waals surface area contributed by atoms with E-state index in [1.807, 2.05) is 24.3 Å². The summed E-state index contributed by atoms with van der Waals surface area (Å²) >= 11 is 4.94. The number of para-hydroxylation sites is 1. The number of phenolic OH excluding ortho intramolecular Hbond substituents is 1. The fourth-order valence-corrected chi connectivity index (χ4v) is 4.92. The summed E-state index contributed by atoms with van der Waals surface area (Å²) in [6.45, 7) is 2.16. The van der Waals surface area contributed by atoms with Crippen molar-refractivity contribution in [2.24, 2.45) is 0 Å². The van der Waals surface area contributed by atoms with E-state index < -0.39 is 6.17 Å². The number of ether oxygens (including phenoxy) is 1. The minimum Gasteiger partial charge on any atom is -0.503 e. The van der Waals surface area contributed by atoms with Crippen LogP contribution in [0.4, 0.5) is 5.69 Å². The maximum atomic E-state index is 13.1. The highest BCUT2D eigenvalue weighted by Crippen LogP contribution is 2.39. The van der Waals surface area contributed by atoms with Crippen LogP contribution in [0.1, 0.15) is 37.9 Å². The van der Waals surface area contributed by atoms with Crippen molar-refractivity contribution < 1.29 is 14.5 Å². The van der Waals surface area contributed by atoms with Crippen LogP contribution in [-0.2, 0) is 0 Å². The molecule has 1 aliphatic rings. The molecule has 1 aliphatic heterocycles. The quantitative estimate of drug-likeness (QED) is 0.250. The Kier molecular flexibility index (Phi) is 6.52. The predicted octanol–water partition coefficient (Wildman–Crippen LogP) is 4.46. The Bertz CT molecular complexity index is 1170. The van der Waals surface area contributed by atoms with Crippen molar-refractivity contribution in [1.82, 2.24) is 10.1 Å². The fraction of sp³-hybridized carbons (Fsp3) is 0.318. The number of H-pyrrole nitrogens is 1. The molecule has 7 nitrogen and oxygen atoms in total. The Balaban J connectivity index is 1.84. The van der Waals surface area contributed by atoms with Crippen LogP contribution in [0.5, 0.6) is 11.5 Å². The number of unbranched alkanes of at least 4 members (excludes halogenated alkanes) is 2. The summed E-state index contributed by atoms with van der Waals surface area (Å²) in [6, 6.07) is 11.2. The minimum atomic E-state index is -0.451. The zero-order valence-corrected chi connectivity index (χ0v) is 19.7. The first-order valence-electron chi connectivity index (χ1n) is 10.1. The molecule has 31 heavy (non-hydrogen) atoms. The third-order valence-electron chi connectivity index (χ3n) is 5.16. The van der Waals surface area contributed by atoms with E-state index in [9.17, 15) is 9.90 Å². The third-order valence-corrected chi connectivity index (χ3v) is 6.71. The Morgan fingerprint density at radius 1 is 1.29 bits per heavy atom. The molecule has 0 unspecified atom stereocenters. The lowest BCUT2D eigenvalue weighted by atomic mass is 10.0. The fourth-order valence-electron chi connectivity index (χ4n) is 3.61. The number of benzene rings is 2. The van der Waals surface area contributed by atoms with E-state index in [1.54, 1.807) is 28.6 Å². The van der Waals surface area contributed by atoms with Crippen molar-refractivity contribution in [1.29, 1.82) is 0 Å². The van der Waals surface area contributed by atoms with Gasteiger partial charge in [-0.2, -0.15) is 0 Å². The van der Waals surface area contributed by atoms with Gasteiger partial charge >= 0.3 is 11.3 Å². The number of anilines is 1. The minimum absolute atomic E-state index is 0.0266. The lowest BCUT2D eigenvalue weighted by molar-refractivity contribution is -0.759. The molecule has 1 atom stereocenters. The molecule has 4 rings (SSSR count). The molecule has 0 amide bonds. The van der Waals surface area contributed by atoms with Gasteiger partial charge in [-0.3, -0.25) is 9.78 Å². The first-order chi connectivity index (χ1) is 15.0. The van der Waals surface area contributed by atoms with Gasteiger partial charge in [-0.1, -0.05) is 43.7 Å². The zero-order valence-electron chi connectivity index (χ0n) is 17.3. The van der Waals surface area contributed by atoms with Gasteiger partial charge in [-0.05, 0) is 51.3 Å². The molecular weight excluding hydrogens is 480 g/mol. The molecule has 0 saturated heterocycles. The number of thioether (sulfide) groups is 1. The molecule has 0 bridgehead atoms. The van der Waals surface area contributed by atoms with E-state index in [0.29, 0.717) is 21.1 Å². The SMILES string of the molecule is CCCCCSc1n[n+]2c(c(=O)[nH]1)-c1ccccc1N[C@H]2c1cc(Br)c(O)c(OC)c1. The van der Waals surface area contributed by atoms with Crippen LogP contribution in [0.3, 0.4) is 0 Å². The van der Waals surface area contributed by atoms with E-state index in [2.05, 4.69) is 33.2 Å². The number of fused-ring (bicyclic) bond motifs is 3. The summed E-state index contributed by atoms with van der Waals surface area (Å²) in [7, 11) is 1.50. The summed E-state index contributed by atoms with van der Waals surface area (Å²) in [5.41, 5.74) is 2.73. The molecule has 0 radical (unpaired) electrons. The van der Waals surface area contributed by atoms with E-state index in [0.717, 1.165) is 41.8 Å². The largest absolute Gasteiger partial charge is 0.503 e. The topological polar surface area (TPSA) is 91.1 Å². The summed E-state index contributed by atoms with van der Waals surface area (Å²) in [5.74, 6) is 1.26. The standard InChI is InChI=1S/C22H23BrN4O3S/c1-3-4-7-10-31-22-25-21(29)18-14-8-5-6-9-16(14)24-20(27(18)26-22)13-11-15(23)19(28)17(12-13)30-2/h5-6,8-9,11-12,20H,3-4,7,10H2,1-2H3,(H2,25,26,28,29)/p+1/t20-/m1/s1. The Labute approximate surface area is 193 Å². The van der Waals surface area contributed by atoms with Gasteiger partial charge in [0.2, 0.25) is 5.16 Å². The predicted molar refractivity (Wildman–Crippen MR) is 125 cm³/mol. The van der Waals surface area contributed by atoms with Crippen molar-refractivity contribution >= 4 is 33.4 Å². The molecule has 1 aromatic heterocycles. The molecule has 3 N–H and O–H groups in total. The van der Waals surface area contributed by atoms with Gasteiger partial charge in [-0.25, -0.2) is 0 Å². The number of aromatic amines is 1. The highest BCUT2D eigenvalue weighted by molar-refractivity contribution is 9.10. The van der Waals surface area contributed by atoms with Gasteiger partial charge in [0, 0.05) is 16.4 Å². The van der Waals surface area contributed by atoms with Gasteiger partial charge in [0.05, 0.1) is 22.8 Å². The van der Waals surface area contributed by atoms with Gasteiger partial charge in [-0.15, -0.1) is 0 Å². The average Bonchev–Trinajstić information content (AvgIpc) is 2.77. The molecule has 0 aliphatic carbocycles. The maximum Gasteiger partial charge on any atom is 0.325 e. The first kappa shape index (κ1) is 21.7. The average molecular weight is 504 g/mol. The number of phenols is 1. The molecule has 0 fully saturated rings. The lowest BCUT2D eigenvalue weighted by Gasteiger charge is -2.23. The second-order valence-corrected chi connectivity index (χ2v) is 9.19. The Morgan fingerprint density at radius 2 is 2.10 bits per heavy atom. The normalized spacial score (nSPS) is 14.5. The summed E-state index contributed by atoms with van der Waals surface area (Å²) in [4.78, 5) is 16.1. The van der Waals surface area contributed by atoms with Crippen molar-refractivity contribution in [3.63, 3.8) is 0 Å². The van der Waals surface area contributed by atoms with Crippen LogP contribution in [0.25, 0.3) is 11.3 Å². The van der Waals surface area contributed by atoms with Crippen molar-refractivity contribution in [3.05, 3.63) is 56.8 Å². The number of hydrogen-bond donors (Lipinski definition) is 3. The second-order valence-electron chi connectivity index (χ2n) is 7.25. The molecule has 0 saturated carbocycles. The number of rotatable bonds is 7.